The van der Waals surface area contributed by atoms with Crippen LogP contribution in [0.4, 0.5) is 14.6 Å². The highest BCUT2D eigenvalue weighted by atomic mass is 32.1. The highest BCUT2D eigenvalue weighted by Gasteiger charge is 2.25. The number of piperazine rings is 1. The molecule has 9 heteroatoms. The normalized spacial score (nSPS) is 13.6. The summed E-state index contributed by atoms with van der Waals surface area (Å²) in [6.07, 6.45) is 1.59. The zero-order valence-corrected chi connectivity index (χ0v) is 19.3. The molecule has 0 bridgehead atoms. The number of ether oxygens (including phenoxy) is 1. The van der Waals surface area contributed by atoms with Gasteiger partial charge in [0.25, 0.3) is 5.91 Å². The van der Waals surface area contributed by atoms with Crippen molar-refractivity contribution in [3.8, 4) is 17.6 Å². The minimum absolute atomic E-state index is 0.0831. The van der Waals surface area contributed by atoms with Crippen molar-refractivity contribution in [2.75, 3.05) is 31.1 Å². The van der Waals surface area contributed by atoms with Crippen LogP contribution in [0, 0.1) is 11.8 Å². The lowest BCUT2D eigenvalue weighted by Gasteiger charge is -2.35. The van der Waals surface area contributed by atoms with E-state index in [0.29, 0.717) is 37.4 Å². The monoisotopic (exact) mass is 490 g/mol. The molecule has 5 rings (SSSR count). The first-order valence-electron chi connectivity index (χ1n) is 11.0. The van der Waals surface area contributed by atoms with Crippen LogP contribution in [0.3, 0.4) is 0 Å². The third-order valence-electron chi connectivity index (χ3n) is 5.66. The van der Waals surface area contributed by atoms with Gasteiger partial charge < -0.3 is 14.5 Å². The Bertz CT molecular complexity index is 1410. The van der Waals surface area contributed by atoms with Crippen LogP contribution in [-0.4, -0.2) is 53.0 Å². The molecule has 0 atom stereocenters. The van der Waals surface area contributed by atoms with Crippen molar-refractivity contribution in [1.82, 2.24) is 14.3 Å². The summed E-state index contributed by atoms with van der Waals surface area (Å²) >= 11 is 1.47. The Kier molecular flexibility index (Phi) is 6.55. The maximum absolute atomic E-state index is 13.2. The van der Waals surface area contributed by atoms with E-state index >= 15 is 0 Å². The molecule has 0 radical (unpaired) electrons. The van der Waals surface area contributed by atoms with Crippen LogP contribution in [0.15, 0.2) is 66.9 Å². The first kappa shape index (κ1) is 22.7. The van der Waals surface area contributed by atoms with Crippen molar-refractivity contribution in [2.45, 2.75) is 6.61 Å². The molecule has 1 aliphatic rings. The van der Waals surface area contributed by atoms with Gasteiger partial charge in [-0.1, -0.05) is 24.1 Å². The Morgan fingerprint density at radius 3 is 2.57 bits per heavy atom. The van der Waals surface area contributed by atoms with Crippen LogP contribution in [0.1, 0.15) is 21.6 Å². The molecular formula is C26H20F2N4O2S. The second kappa shape index (κ2) is 10.1. The molecule has 1 aliphatic heterocycles. The fourth-order valence-corrected chi connectivity index (χ4v) is 4.73. The van der Waals surface area contributed by atoms with Crippen molar-refractivity contribution in [3.05, 3.63) is 83.7 Å². The van der Waals surface area contributed by atoms with Gasteiger partial charge in [-0.25, -0.2) is 4.98 Å². The molecular weight excluding hydrogens is 470 g/mol. The number of amides is 1. The topological polar surface area (TPSA) is 58.6 Å². The maximum atomic E-state index is 13.2. The number of nitrogens with zero attached hydrogens (tertiary/aromatic N) is 4. The number of carbonyl (C=O) groups is 1. The van der Waals surface area contributed by atoms with E-state index in [-0.39, 0.29) is 17.2 Å². The Labute approximate surface area is 204 Å². The number of benzene rings is 2. The molecule has 0 saturated carbocycles. The van der Waals surface area contributed by atoms with E-state index in [1.807, 2.05) is 18.2 Å². The molecule has 1 saturated heterocycles. The molecule has 35 heavy (non-hydrogen) atoms. The van der Waals surface area contributed by atoms with Crippen molar-refractivity contribution in [2.24, 2.45) is 0 Å². The average molecular weight is 491 g/mol. The van der Waals surface area contributed by atoms with Crippen LogP contribution < -0.4 is 9.64 Å². The van der Waals surface area contributed by atoms with E-state index in [0.717, 1.165) is 15.9 Å². The van der Waals surface area contributed by atoms with Crippen molar-refractivity contribution >= 4 is 33.3 Å². The van der Waals surface area contributed by atoms with Gasteiger partial charge in [0.1, 0.15) is 17.3 Å². The fraction of sp³-hybridized carbons (Fsp3) is 0.192. The van der Waals surface area contributed by atoms with Gasteiger partial charge >= 0.3 is 6.61 Å². The number of carbonyl (C=O) groups excluding carboxylic acids is 1. The predicted molar refractivity (Wildman–Crippen MR) is 131 cm³/mol. The molecule has 0 aliphatic carbocycles. The third kappa shape index (κ3) is 5.08. The summed E-state index contributed by atoms with van der Waals surface area (Å²) in [5.74, 6) is 6.33. The van der Waals surface area contributed by atoms with E-state index in [1.165, 1.54) is 29.7 Å². The minimum atomic E-state index is -3.00. The van der Waals surface area contributed by atoms with Crippen LogP contribution in [0.5, 0.6) is 5.75 Å². The molecule has 1 fully saturated rings. The third-order valence-corrected chi connectivity index (χ3v) is 6.47. The summed E-state index contributed by atoms with van der Waals surface area (Å²) in [4.78, 5) is 21.3. The largest absolute Gasteiger partial charge is 0.434 e. The SMILES string of the molecule is O=C(c1ccc(OC(F)F)c(C#Cc2ccccn2)c1)N1CCN(c2nsc3ccccc23)CC1. The molecule has 0 spiro atoms. The minimum Gasteiger partial charge on any atom is -0.434 e. The van der Waals surface area contributed by atoms with Gasteiger partial charge in [-0.05, 0) is 59.9 Å². The molecule has 2 aromatic carbocycles. The molecule has 1 amide bonds. The molecule has 2 aromatic heterocycles. The average Bonchev–Trinajstić information content (AvgIpc) is 3.32. The lowest BCUT2D eigenvalue weighted by molar-refractivity contribution is -0.0500. The zero-order valence-electron chi connectivity index (χ0n) is 18.5. The Morgan fingerprint density at radius 1 is 1.00 bits per heavy atom. The first-order chi connectivity index (χ1) is 17.1. The maximum Gasteiger partial charge on any atom is 0.387 e. The van der Waals surface area contributed by atoms with Crippen LogP contribution >= 0.6 is 11.5 Å². The molecule has 0 unspecified atom stereocenters. The highest BCUT2D eigenvalue weighted by Crippen LogP contribution is 2.30. The number of rotatable bonds is 4. The fourth-order valence-electron chi connectivity index (χ4n) is 3.93. The summed E-state index contributed by atoms with van der Waals surface area (Å²) in [5.41, 5.74) is 1.05. The number of halogens is 2. The van der Waals surface area contributed by atoms with Crippen molar-refractivity contribution < 1.29 is 18.3 Å². The quantitative estimate of drug-likeness (QED) is 0.390. The Morgan fingerprint density at radius 2 is 1.80 bits per heavy atom. The standard InChI is InChI=1S/C26H20F2N4O2S/c27-26(28)34-22-11-9-19(17-18(22)8-10-20-5-3-4-12-29-20)25(33)32-15-13-31(14-16-32)24-21-6-1-2-7-23(21)35-30-24/h1-7,9,11-12,17,26H,13-16H2. The van der Waals surface area contributed by atoms with Gasteiger partial charge in [0.05, 0.1) is 10.3 Å². The second-order valence-corrected chi connectivity index (χ2v) is 8.64. The number of hydrogen-bond donors (Lipinski definition) is 0. The van der Waals surface area contributed by atoms with E-state index in [1.54, 1.807) is 29.3 Å². The van der Waals surface area contributed by atoms with Gasteiger partial charge in [0, 0.05) is 43.3 Å². The number of hydrogen-bond acceptors (Lipinski definition) is 6. The second-order valence-electron chi connectivity index (χ2n) is 7.84. The predicted octanol–water partition coefficient (Wildman–Crippen LogP) is 4.65. The lowest BCUT2D eigenvalue weighted by atomic mass is 10.1. The summed E-state index contributed by atoms with van der Waals surface area (Å²) in [7, 11) is 0. The summed E-state index contributed by atoms with van der Waals surface area (Å²) < 4.78 is 36.1. The van der Waals surface area contributed by atoms with E-state index in [9.17, 15) is 13.6 Å². The van der Waals surface area contributed by atoms with Crippen LogP contribution in [0.2, 0.25) is 0 Å². The summed E-state index contributed by atoms with van der Waals surface area (Å²) in [6, 6.07) is 17.7. The summed E-state index contributed by atoms with van der Waals surface area (Å²) in [5, 5.41) is 1.11. The van der Waals surface area contributed by atoms with Gasteiger partial charge in [-0.2, -0.15) is 13.2 Å². The number of aromatic nitrogens is 2. The van der Waals surface area contributed by atoms with Crippen molar-refractivity contribution in [3.63, 3.8) is 0 Å². The highest BCUT2D eigenvalue weighted by molar-refractivity contribution is 7.13. The molecule has 176 valence electrons. The van der Waals surface area contributed by atoms with Crippen LogP contribution in [-0.2, 0) is 0 Å². The van der Waals surface area contributed by atoms with E-state index < -0.39 is 6.61 Å². The van der Waals surface area contributed by atoms with Crippen LogP contribution in [0.25, 0.3) is 10.1 Å². The number of anilines is 1. The van der Waals surface area contributed by atoms with E-state index in [4.69, 9.17) is 0 Å². The van der Waals surface area contributed by atoms with E-state index in [2.05, 4.69) is 36.9 Å². The smallest absolute Gasteiger partial charge is 0.387 e. The van der Waals surface area contributed by atoms with Gasteiger partial charge in [-0.15, -0.1) is 0 Å². The molecule has 6 nitrogen and oxygen atoms in total. The number of pyridine rings is 1. The van der Waals surface area contributed by atoms with Gasteiger partial charge in [-0.3, -0.25) is 4.79 Å². The number of fused-ring (bicyclic) bond motifs is 1. The van der Waals surface area contributed by atoms with Gasteiger partial charge in [0.2, 0.25) is 0 Å². The lowest BCUT2D eigenvalue weighted by Crippen LogP contribution is -2.49. The van der Waals surface area contributed by atoms with Gasteiger partial charge in [0.15, 0.2) is 0 Å². The zero-order chi connectivity index (χ0) is 24.2. The Hall–Kier alpha value is -4.03. The summed E-state index contributed by atoms with van der Waals surface area (Å²) in [6.45, 7) is -0.650. The molecule has 0 N–H and O–H groups in total. The first-order valence-corrected chi connectivity index (χ1v) is 11.8. The van der Waals surface area contributed by atoms with Crippen molar-refractivity contribution in [1.29, 1.82) is 0 Å². The molecule has 4 aromatic rings. The molecule has 3 heterocycles. The number of alkyl halides is 2. The Balaban J connectivity index is 1.33.